The van der Waals surface area contributed by atoms with E-state index in [1.54, 1.807) is 18.3 Å². The van der Waals surface area contributed by atoms with Crippen LogP contribution in [0.4, 0.5) is 10.5 Å². The normalized spacial score (nSPS) is 18.2. The maximum Gasteiger partial charge on any atom is 0.319 e. The average molecular weight is 384 g/mol. The molecule has 1 saturated carbocycles. The summed E-state index contributed by atoms with van der Waals surface area (Å²) in [5, 5.41) is 14.6. The van der Waals surface area contributed by atoms with Crippen LogP contribution in [-0.4, -0.2) is 52.2 Å². The summed E-state index contributed by atoms with van der Waals surface area (Å²) in [6, 6.07) is 12.6. The van der Waals surface area contributed by atoms with E-state index in [4.69, 9.17) is 9.84 Å². The van der Waals surface area contributed by atoms with Gasteiger partial charge < -0.3 is 20.5 Å². The zero-order valence-electron chi connectivity index (χ0n) is 15.7. The van der Waals surface area contributed by atoms with Crippen molar-refractivity contribution in [2.75, 3.05) is 18.4 Å². The van der Waals surface area contributed by atoms with E-state index in [9.17, 15) is 9.59 Å². The Morgan fingerprint density at radius 3 is 2.68 bits per heavy atom. The van der Waals surface area contributed by atoms with E-state index in [1.165, 1.54) is 0 Å². The van der Waals surface area contributed by atoms with Crippen molar-refractivity contribution in [2.24, 2.45) is 0 Å². The van der Waals surface area contributed by atoms with Crippen LogP contribution in [0, 0.1) is 0 Å². The van der Waals surface area contributed by atoms with Gasteiger partial charge in [0.1, 0.15) is 5.75 Å². The first-order chi connectivity index (χ1) is 13.5. The largest absolute Gasteiger partial charge is 0.480 e. The fourth-order valence-electron chi connectivity index (χ4n) is 3.18. The number of pyridine rings is 1. The number of ether oxygens (including phenoxy) is 1. The average Bonchev–Trinajstić information content (AvgIpc) is 2.63. The number of nitrogens with one attached hydrogen (secondary N) is 2. The molecule has 0 spiro atoms. The summed E-state index contributed by atoms with van der Waals surface area (Å²) in [6.07, 6.45) is 3.05. The topological polar surface area (TPSA) is 104 Å². The van der Waals surface area contributed by atoms with Gasteiger partial charge in [0.05, 0.1) is 6.54 Å². The molecule has 1 aromatic carbocycles. The Kier molecular flexibility index (Phi) is 6.44. The van der Waals surface area contributed by atoms with Crippen LogP contribution in [0.3, 0.4) is 0 Å². The minimum absolute atomic E-state index is 0.0291. The number of aromatic nitrogens is 1. The number of amides is 2. The molecule has 1 aliphatic carbocycles. The molecule has 1 aromatic heterocycles. The summed E-state index contributed by atoms with van der Waals surface area (Å²) in [6.45, 7) is 2.65. The quantitative estimate of drug-likeness (QED) is 0.646. The zero-order chi connectivity index (χ0) is 19.9. The highest BCUT2D eigenvalue weighted by Crippen LogP contribution is 2.26. The van der Waals surface area contributed by atoms with Gasteiger partial charge in [0, 0.05) is 30.0 Å². The van der Waals surface area contributed by atoms with Crippen molar-refractivity contribution in [1.29, 1.82) is 0 Å². The van der Waals surface area contributed by atoms with E-state index < -0.39 is 5.97 Å². The van der Waals surface area contributed by atoms with Crippen molar-refractivity contribution in [2.45, 2.75) is 31.8 Å². The number of nitrogens with zero attached hydrogens (tertiary/aromatic N) is 2. The highest BCUT2D eigenvalue weighted by atomic mass is 16.5. The van der Waals surface area contributed by atoms with E-state index in [-0.39, 0.29) is 24.7 Å². The number of carbonyl (C=O) groups excluding carboxylic acids is 1. The van der Waals surface area contributed by atoms with Gasteiger partial charge in [-0.3, -0.25) is 9.69 Å². The summed E-state index contributed by atoms with van der Waals surface area (Å²) in [5.41, 5.74) is 0.579. The molecule has 1 aliphatic rings. The molecule has 28 heavy (non-hydrogen) atoms. The summed E-state index contributed by atoms with van der Waals surface area (Å²) < 4.78 is 5.66. The van der Waals surface area contributed by atoms with Crippen molar-refractivity contribution in [3.05, 3.63) is 48.7 Å². The van der Waals surface area contributed by atoms with Gasteiger partial charge in [-0.05, 0) is 37.6 Å². The van der Waals surface area contributed by atoms with E-state index in [1.807, 2.05) is 42.2 Å². The fourth-order valence-corrected chi connectivity index (χ4v) is 3.18. The number of hydrogen-bond donors (Lipinski definition) is 3. The number of benzene rings is 1. The number of urea groups is 1. The molecule has 0 aliphatic heterocycles. The monoisotopic (exact) mass is 384 g/mol. The van der Waals surface area contributed by atoms with Crippen LogP contribution in [0.25, 0.3) is 0 Å². The van der Waals surface area contributed by atoms with Gasteiger partial charge in [-0.2, -0.15) is 0 Å². The van der Waals surface area contributed by atoms with Gasteiger partial charge >= 0.3 is 12.0 Å². The number of aliphatic carboxylic acids is 1. The second-order valence-electron chi connectivity index (χ2n) is 6.68. The number of likely N-dealkylation sites (N-methyl/N-ethyl adjacent to an activating group) is 1. The Labute approximate surface area is 163 Å². The maximum absolute atomic E-state index is 12.2. The van der Waals surface area contributed by atoms with E-state index in [0.717, 1.165) is 12.8 Å². The minimum Gasteiger partial charge on any atom is -0.480 e. The number of hydrogen-bond acceptors (Lipinski definition) is 5. The van der Waals surface area contributed by atoms with Crippen LogP contribution < -0.4 is 15.4 Å². The van der Waals surface area contributed by atoms with Crippen molar-refractivity contribution in [1.82, 2.24) is 15.2 Å². The van der Waals surface area contributed by atoms with Crippen molar-refractivity contribution < 1.29 is 19.4 Å². The van der Waals surface area contributed by atoms with Gasteiger partial charge in [0.15, 0.2) is 0 Å². The van der Waals surface area contributed by atoms with E-state index in [2.05, 4.69) is 15.6 Å². The van der Waals surface area contributed by atoms with E-state index >= 15 is 0 Å². The standard InChI is InChI=1S/C20H24N4O4/c1-2-24(13-19(25)26)16-10-15(11-16)23-20(27)22-14-8-9-21-18(12-14)28-17-6-4-3-5-7-17/h3-9,12,15-16H,2,10-11,13H2,1H3,(H,25,26)(H2,21,22,23,27). The first-order valence-corrected chi connectivity index (χ1v) is 9.25. The lowest BCUT2D eigenvalue weighted by Gasteiger charge is -2.42. The summed E-state index contributed by atoms with van der Waals surface area (Å²) >= 11 is 0. The molecule has 0 unspecified atom stereocenters. The first kappa shape index (κ1) is 19.6. The number of carbonyl (C=O) groups is 2. The van der Waals surface area contributed by atoms with Crippen LogP contribution in [0.5, 0.6) is 11.6 Å². The van der Waals surface area contributed by atoms with Crippen LogP contribution in [-0.2, 0) is 4.79 Å². The molecule has 148 valence electrons. The van der Waals surface area contributed by atoms with Gasteiger partial charge in [-0.25, -0.2) is 9.78 Å². The summed E-state index contributed by atoms with van der Waals surface area (Å²) in [5.74, 6) is 0.223. The third-order valence-electron chi connectivity index (χ3n) is 4.67. The maximum atomic E-state index is 12.2. The van der Waals surface area contributed by atoms with Gasteiger partial charge in [0.25, 0.3) is 0 Å². The molecule has 3 N–H and O–H groups in total. The number of para-hydroxylation sites is 1. The number of anilines is 1. The lowest BCUT2D eigenvalue weighted by atomic mass is 9.85. The van der Waals surface area contributed by atoms with Gasteiger partial charge in [-0.15, -0.1) is 0 Å². The SMILES string of the molecule is CCN(CC(=O)O)C1CC(NC(=O)Nc2ccnc(Oc3ccccc3)c2)C1. The van der Waals surface area contributed by atoms with Crippen molar-refractivity contribution >= 4 is 17.7 Å². The Morgan fingerprint density at radius 1 is 1.25 bits per heavy atom. The zero-order valence-corrected chi connectivity index (χ0v) is 15.7. The minimum atomic E-state index is -0.831. The summed E-state index contributed by atoms with van der Waals surface area (Å²) in [7, 11) is 0. The Morgan fingerprint density at radius 2 is 2.00 bits per heavy atom. The van der Waals surface area contributed by atoms with Crippen LogP contribution >= 0.6 is 0 Å². The second kappa shape index (κ2) is 9.18. The van der Waals surface area contributed by atoms with Crippen LogP contribution in [0.2, 0.25) is 0 Å². The second-order valence-corrected chi connectivity index (χ2v) is 6.68. The number of carboxylic acids is 1. The third-order valence-corrected chi connectivity index (χ3v) is 4.67. The van der Waals surface area contributed by atoms with E-state index in [0.29, 0.717) is 23.9 Å². The Bertz CT molecular complexity index is 809. The molecule has 1 fully saturated rings. The van der Waals surface area contributed by atoms with Gasteiger partial charge in [0.2, 0.25) is 5.88 Å². The van der Waals surface area contributed by atoms with Crippen LogP contribution in [0.1, 0.15) is 19.8 Å². The molecular formula is C20H24N4O4. The Balaban J connectivity index is 1.47. The number of rotatable bonds is 8. The fraction of sp³-hybridized carbons (Fsp3) is 0.350. The Hall–Kier alpha value is -3.13. The molecule has 0 atom stereocenters. The highest BCUT2D eigenvalue weighted by Gasteiger charge is 2.34. The first-order valence-electron chi connectivity index (χ1n) is 9.25. The predicted octanol–water partition coefficient (Wildman–Crippen LogP) is 2.93. The summed E-state index contributed by atoms with van der Waals surface area (Å²) in [4.78, 5) is 29.2. The highest BCUT2D eigenvalue weighted by molar-refractivity contribution is 5.89. The van der Waals surface area contributed by atoms with Crippen LogP contribution in [0.15, 0.2) is 48.7 Å². The molecule has 8 nitrogen and oxygen atoms in total. The molecule has 3 rings (SSSR count). The van der Waals surface area contributed by atoms with Gasteiger partial charge in [-0.1, -0.05) is 25.1 Å². The molecule has 2 aromatic rings. The molecule has 0 saturated heterocycles. The predicted molar refractivity (Wildman–Crippen MR) is 105 cm³/mol. The molecule has 2 amide bonds. The smallest absolute Gasteiger partial charge is 0.319 e. The van der Waals surface area contributed by atoms with Crippen molar-refractivity contribution in [3.8, 4) is 11.6 Å². The molecular weight excluding hydrogens is 360 g/mol. The van der Waals surface area contributed by atoms with Crippen molar-refractivity contribution in [3.63, 3.8) is 0 Å². The third kappa shape index (κ3) is 5.43. The molecule has 0 radical (unpaired) electrons. The molecule has 1 heterocycles. The lowest BCUT2D eigenvalue weighted by Crippen LogP contribution is -2.55. The number of carboxylic acid groups (broad SMARTS) is 1. The molecule has 0 bridgehead atoms. The lowest BCUT2D eigenvalue weighted by molar-refractivity contribution is -0.139. The molecule has 8 heteroatoms.